The predicted molar refractivity (Wildman–Crippen MR) is 98.4 cm³/mol. The van der Waals surface area contributed by atoms with Gasteiger partial charge in [0.25, 0.3) is 0 Å². The maximum atomic E-state index is 14.7. The second-order valence-electron chi connectivity index (χ2n) is 6.74. The summed E-state index contributed by atoms with van der Waals surface area (Å²) < 4.78 is 42.0. The lowest BCUT2D eigenvalue weighted by Crippen LogP contribution is -2.23. The van der Waals surface area contributed by atoms with E-state index in [2.05, 4.69) is 4.98 Å². The molecule has 0 amide bonds. The number of rotatable bonds is 1. The standard InChI is InChI=1S/C20H15F3N2S/c1-10-4-6-13-17(25-20(2,3)26-19(13)15(10)22)12-8-11-5-7-14(21)16(23)18(11)24-9-12/h4-9H,1-3H3. The normalized spacial score (nSPS) is 15.7. The number of hydrogen-bond acceptors (Lipinski definition) is 3. The van der Waals surface area contributed by atoms with E-state index in [-0.39, 0.29) is 11.3 Å². The summed E-state index contributed by atoms with van der Waals surface area (Å²) in [6.45, 7) is 5.54. The van der Waals surface area contributed by atoms with E-state index in [1.807, 2.05) is 19.9 Å². The van der Waals surface area contributed by atoms with Gasteiger partial charge in [-0.3, -0.25) is 9.98 Å². The van der Waals surface area contributed by atoms with Gasteiger partial charge in [-0.25, -0.2) is 13.2 Å². The Morgan fingerprint density at radius 1 is 1.00 bits per heavy atom. The van der Waals surface area contributed by atoms with Crippen molar-refractivity contribution in [2.45, 2.75) is 30.5 Å². The molecule has 0 saturated heterocycles. The second kappa shape index (κ2) is 5.84. The lowest BCUT2D eigenvalue weighted by Gasteiger charge is -2.29. The molecule has 0 saturated carbocycles. The number of aryl methyl sites for hydroxylation is 1. The smallest absolute Gasteiger partial charge is 0.184 e. The Bertz CT molecular complexity index is 1090. The van der Waals surface area contributed by atoms with E-state index in [1.54, 1.807) is 19.1 Å². The molecule has 26 heavy (non-hydrogen) atoms. The maximum absolute atomic E-state index is 14.7. The van der Waals surface area contributed by atoms with E-state index in [0.717, 1.165) is 6.07 Å². The highest BCUT2D eigenvalue weighted by atomic mass is 32.2. The van der Waals surface area contributed by atoms with Crippen molar-refractivity contribution >= 4 is 28.4 Å². The molecular formula is C20H15F3N2S. The Morgan fingerprint density at radius 2 is 1.77 bits per heavy atom. The quantitative estimate of drug-likeness (QED) is 0.552. The molecule has 4 rings (SSSR count). The number of halogens is 3. The summed E-state index contributed by atoms with van der Waals surface area (Å²) in [5.74, 6) is -2.17. The van der Waals surface area contributed by atoms with E-state index in [9.17, 15) is 13.2 Å². The van der Waals surface area contributed by atoms with Crippen molar-refractivity contribution in [1.29, 1.82) is 0 Å². The molecule has 3 aromatic rings. The predicted octanol–water partition coefficient (Wildman–Crippen LogP) is 5.64. The molecule has 1 aliphatic heterocycles. The first kappa shape index (κ1) is 17.1. The lowest BCUT2D eigenvalue weighted by atomic mass is 9.99. The lowest BCUT2D eigenvalue weighted by molar-refractivity contribution is 0.515. The van der Waals surface area contributed by atoms with Crippen molar-refractivity contribution in [3.05, 3.63) is 70.7 Å². The molecule has 1 aliphatic rings. The molecule has 0 N–H and O–H groups in total. The number of nitrogens with zero attached hydrogens (tertiary/aromatic N) is 2. The SMILES string of the molecule is Cc1ccc2c(c1F)SC(C)(C)N=C2c1cnc2c(F)c(F)ccc2c1. The van der Waals surface area contributed by atoms with E-state index < -0.39 is 16.5 Å². The molecule has 0 atom stereocenters. The van der Waals surface area contributed by atoms with Crippen LogP contribution in [0.3, 0.4) is 0 Å². The van der Waals surface area contributed by atoms with Crippen LogP contribution in [0.4, 0.5) is 13.2 Å². The molecule has 2 nitrogen and oxygen atoms in total. The zero-order chi connectivity index (χ0) is 18.6. The Kier molecular flexibility index (Phi) is 3.84. The topological polar surface area (TPSA) is 25.2 Å². The number of aliphatic imine (C=N–C) groups is 1. The van der Waals surface area contributed by atoms with Gasteiger partial charge in [0.05, 0.1) is 10.6 Å². The number of fused-ring (bicyclic) bond motifs is 2. The van der Waals surface area contributed by atoms with Crippen LogP contribution in [-0.2, 0) is 0 Å². The zero-order valence-corrected chi connectivity index (χ0v) is 15.2. The second-order valence-corrected chi connectivity index (χ2v) is 8.35. The molecular weight excluding hydrogens is 357 g/mol. The van der Waals surface area contributed by atoms with Crippen molar-refractivity contribution < 1.29 is 13.2 Å². The Balaban J connectivity index is 1.95. The summed E-state index contributed by atoms with van der Waals surface area (Å²) in [7, 11) is 0. The summed E-state index contributed by atoms with van der Waals surface area (Å²) in [6.07, 6.45) is 1.46. The minimum Gasteiger partial charge on any atom is -0.267 e. The van der Waals surface area contributed by atoms with Crippen molar-refractivity contribution in [2.24, 2.45) is 4.99 Å². The van der Waals surface area contributed by atoms with Crippen LogP contribution in [0.1, 0.15) is 30.5 Å². The highest BCUT2D eigenvalue weighted by molar-refractivity contribution is 8.00. The molecule has 2 aromatic carbocycles. The van der Waals surface area contributed by atoms with Crippen LogP contribution >= 0.6 is 11.8 Å². The molecule has 6 heteroatoms. The Morgan fingerprint density at radius 3 is 2.54 bits per heavy atom. The molecule has 0 fully saturated rings. The number of hydrogen-bond donors (Lipinski definition) is 0. The van der Waals surface area contributed by atoms with Crippen LogP contribution in [0.25, 0.3) is 10.9 Å². The van der Waals surface area contributed by atoms with E-state index in [0.29, 0.717) is 32.7 Å². The van der Waals surface area contributed by atoms with Gasteiger partial charge in [0.2, 0.25) is 0 Å². The molecule has 2 heterocycles. The molecule has 132 valence electrons. The summed E-state index contributed by atoms with van der Waals surface area (Å²) in [5.41, 5.74) is 2.46. The highest BCUT2D eigenvalue weighted by Crippen LogP contribution is 2.43. The van der Waals surface area contributed by atoms with Crippen LogP contribution in [0.2, 0.25) is 0 Å². The minimum atomic E-state index is -0.974. The van der Waals surface area contributed by atoms with Crippen LogP contribution in [0, 0.1) is 24.4 Å². The first-order chi connectivity index (χ1) is 12.3. The average molecular weight is 372 g/mol. The summed E-state index contributed by atoms with van der Waals surface area (Å²) >= 11 is 1.37. The fourth-order valence-electron chi connectivity index (χ4n) is 3.03. The van der Waals surface area contributed by atoms with Crippen molar-refractivity contribution in [3.8, 4) is 0 Å². The third kappa shape index (κ3) is 2.69. The largest absolute Gasteiger partial charge is 0.267 e. The molecule has 0 unspecified atom stereocenters. The van der Waals surface area contributed by atoms with Gasteiger partial charge in [-0.1, -0.05) is 23.9 Å². The maximum Gasteiger partial charge on any atom is 0.184 e. The van der Waals surface area contributed by atoms with Gasteiger partial charge in [-0.2, -0.15) is 0 Å². The summed E-state index contributed by atoms with van der Waals surface area (Å²) in [4.78, 5) is 8.82. The Hall–Kier alpha value is -2.34. The molecule has 1 aromatic heterocycles. The molecule has 0 radical (unpaired) electrons. The van der Waals surface area contributed by atoms with Gasteiger partial charge < -0.3 is 0 Å². The summed E-state index contributed by atoms with van der Waals surface area (Å²) in [6, 6.07) is 7.81. The number of benzene rings is 2. The van der Waals surface area contributed by atoms with Crippen molar-refractivity contribution in [2.75, 3.05) is 0 Å². The monoisotopic (exact) mass is 372 g/mol. The minimum absolute atomic E-state index is 0.0332. The van der Waals surface area contributed by atoms with Gasteiger partial charge in [0.1, 0.15) is 16.2 Å². The van der Waals surface area contributed by atoms with E-state index in [1.165, 1.54) is 24.0 Å². The highest BCUT2D eigenvalue weighted by Gasteiger charge is 2.31. The average Bonchev–Trinajstić information content (AvgIpc) is 2.60. The fraction of sp³-hybridized carbons (Fsp3) is 0.200. The van der Waals surface area contributed by atoms with Crippen LogP contribution < -0.4 is 0 Å². The first-order valence-electron chi connectivity index (χ1n) is 8.09. The Labute approximate surface area is 153 Å². The molecule has 0 aliphatic carbocycles. The van der Waals surface area contributed by atoms with Crippen LogP contribution in [0.15, 0.2) is 46.4 Å². The van der Waals surface area contributed by atoms with Gasteiger partial charge >= 0.3 is 0 Å². The van der Waals surface area contributed by atoms with Gasteiger partial charge in [0, 0.05) is 22.7 Å². The van der Waals surface area contributed by atoms with Gasteiger partial charge in [-0.05, 0) is 44.5 Å². The third-order valence-corrected chi connectivity index (χ3v) is 5.49. The van der Waals surface area contributed by atoms with Crippen LogP contribution in [0.5, 0.6) is 0 Å². The van der Waals surface area contributed by atoms with Crippen molar-refractivity contribution in [3.63, 3.8) is 0 Å². The van der Waals surface area contributed by atoms with Gasteiger partial charge in [0.15, 0.2) is 11.6 Å². The fourth-order valence-corrected chi connectivity index (χ4v) is 4.20. The molecule has 0 spiro atoms. The van der Waals surface area contributed by atoms with E-state index >= 15 is 0 Å². The number of pyridine rings is 1. The summed E-state index contributed by atoms with van der Waals surface area (Å²) in [5, 5.41) is 0.467. The molecule has 0 bridgehead atoms. The van der Waals surface area contributed by atoms with Gasteiger partial charge in [-0.15, -0.1) is 0 Å². The van der Waals surface area contributed by atoms with Crippen molar-refractivity contribution in [1.82, 2.24) is 4.98 Å². The van der Waals surface area contributed by atoms with Crippen LogP contribution in [-0.4, -0.2) is 15.6 Å². The first-order valence-corrected chi connectivity index (χ1v) is 8.91. The third-order valence-electron chi connectivity index (χ3n) is 4.30. The van der Waals surface area contributed by atoms with E-state index in [4.69, 9.17) is 4.99 Å². The number of thioether (sulfide) groups is 1. The number of aromatic nitrogens is 1. The zero-order valence-electron chi connectivity index (χ0n) is 14.4.